The molecule has 0 aromatic carbocycles. The summed E-state index contributed by atoms with van der Waals surface area (Å²) in [5.74, 6) is 1.09. The maximum absolute atomic E-state index is 12.4. The highest BCUT2D eigenvalue weighted by Gasteiger charge is 2.27. The van der Waals surface area contributed by atoms with Gasteiger partial charge in [0.2, 0.25) is 5.91 Å². The molecule has 0 aromatic rings. The first-order chi connectivity index (χ1) is 8.31. The maximum Gasteiger partial charge on any atom is 0.226 e. The number of carbonyl (C=O) groups is 1. The van der Waals surface area contributed by atoms with Crippen LogP contribution in [0, 0.1) is 11.8 Å². The minimum absolute atomic E-state index is 0.200. The number of piperidine rings is 1. The van der Waals surface area contributed by atoms with E-state index in [9.17, 15) is 4.79 Å². The van der Waals surface area contributed by atoms with E-state index in [1.165, 1.54) is 0 Å². The molecule has 2 fully saturated rings. The number of rotatable bonds is 4. The van der Waals surface area contributed by atoms with E-state index >= 15 is 0 Å². The molecule has 0 spiro atoms. The Morgan fingerprint density at radius 2 is 2.35 bits per heavy atom. The van der Waals surface area contributed by atoms with Gasteiger partial charge in [0.05, 0.1) is 12.5 Å². The average molecular weight is 240 g/mol. The lowest BCUT2D eigenvalue weighted by atomic mass is 9.97. The molecule has 2 rings (SSSR count). The van der Waals surface area contributed by atoms with Crippen molar-refractivity contribution in [2.24, 2.45) is 11.8 Å². The minimum atomic E-state index is 0.200. The first kappa shape index (κ1) is 12.8. The van der Waals surface area contributed by atoms with Gasteiger partial charge < -0.3 is 15.0 Å². The van der Waals surface area contributed by atoms with Crippen LogP contribution in [0.1, 0.15) is 26.2 Å². The molecule has 4 nitrogen and oxygen atoms in total. The van der Waals surface area contributed by atoms with Crippen LogP contribution < -0.4 is 5.32 Å². The molecule has 4 heteroatoms. The Kier molecular flexibility index (Phi) is 4.80. The van der Waals surface area contributed by atoms with Gasteiger partial charge >= 0.3 is 0 Å². The Labute approximate surface area is 104 Å². The van der Waals surface area contributed by atoms with E-state index in [0.717, 1.165) is 58.7 Å². The summed E-state index contributed by atoms with van der Waals surface area (Å²) in [6.45, 7) is 7.39. The number of carbonyl (C=O) groups excluding carboxylic acids is 1. The molecule has 0 aliphatic carbocycles. The normalized spacial score (nSPS) is 29.2. The van der Waals surface area contributed by atoms with Crippen LogP contribution in [0.15, 0.2) is 0 Å². The lowest BCUT2D eigenvalue weighted by molar-refractivity contribution is -0.136. The Balaban J connectivity index is 1.84. The van der Waals surface area contributed by atoms with Crippen LogP contribution in [0.25, 0.3) is 0 Å². The lowest BCUT2D eigenvalue weighted by Gasteiger charge is -2.30. The van der Waals surface area contributed by atoms with E-state index in [-0.39, 0.29) is 5.92 Å². The fraction of sp³-hybridized carbons (Fsp3) is 0.923. The third kappa shape index (κ3) is 3.42. The first-order valence-corrected chi connectivity index (χ1v) is 6.88. The Bertz CT molecular complexity index is 246. The number of ether oxygens (including phenoxy) is 1. The molecule has 2 saturated heterocycles. The van der Waals surface area contributed by atoms with Crippen LogP contribution in [0.5, 0.6) is 0 Å². The van der Waals surface area contributed by atoms with Gasteiger partial charge in [-0.25, -0.2) is 0 Å². The van der Waals surface area contributed by atoms with Gasteiger partial charge in [0.25, 0.3) is 0 Å². The van der Waals surface area contributed by atoms with Crippen molar-refractivity contribution in [3.63, 3.8) is 0 Å². The second-order valence-electron chi connectivity index (χ2n) is 5.15. The zero-order chi connectivity index (χ0) is 12.1. The first-order valence-electron chi connectivity index (χ1n) is 6.88. The van der Waals surface area contributed by atoms with Crippen LogP contribution in [-0.2, 0) is 9.53 Å². The second-order valence-corrected chi connectivity index (χ2v) is 5.15. The smallest absolute Gasteiger partial charge is 0.226 e. The molecule has 2 aliphatic heterocycles. The van der Waals surface area contributed by atoms with Crippen molar-refractivity contribution < 1.29 is 9.53 Å². The van der Waals surface area contributed by atoms with Crippen LogP contribution in [0.3, 0.4) is 0 Å². The van der Waals surface area contributed by atoms with Gasteiger partial charge in [-0.2, -0.15) is 0 Å². The van der Waals surface area contributed by atoms with Crippen molar-refractivity contribution in [1.82, 2.24) is 10.2 Å². The summed E-state index contributed by atoms with van der Waals surface area (Å²) < 4.78 is 5.38. The highest BCUT2D eigenvalue weighted by molar-refractivity contribution is 5.79. The Morgan fingerprint density at radius 1 is 1.47 bits per heavy atom. The average Bonchev–Trinajstić information content (AvgIpc) is 2.89. The van der Waals surface area contributed by atoms with Crippen molar-refractivity contribution in [2.75, 3.05) is 39.4 Å². The second kappa shape index (κ2) is 6.36. The number of hydrogen-bond acceptors (Lipinski definition) is 3. The molecular formula is C13H24N2O2. The molecule has 0 saturated carbocycles. The van der Waals surface area contributed by atoms with Crippen LogP contribution in [0.2, 0.25) is 0 Å². The van der Waals surface area contributed by atoms with Gasteiger partial charge in [-0.05, 0) is 32.7 Å². The third-order valence-electron chi connectivity index (χ3n) is 3.84. The molecule has 2 aliphatic rings. The topological polar surface area (TPSA) is 41.6 Å². The van der Waals surface area contributed by atoms with Gasteiger partial charge in [0, 0.05) is 32.2 Å². The summed E-state index contributed by atoms with van der Waals surface area (Å²) in [5.41, 5.74) is 0. The van der Waals surface area contributed by atoms with Crippen LogP contribution in [-0.4, -0.2) is 50.2 Å². The van der Waals surface area contributed by atoms with Gasteiger partial charge in [-0.1, -0.05) is 0 Å². The molecule has 2 atom stereocenters. The molecular weight excluding hydrogens is 216 g/mol. The fourth-order valence-corrected chi connectivity index (χ4v) is 2.73. The summed E-state index contributed by atoms with van der Waals surface area (Å²) in [6.07, 6.45) is 3.27. The summed E-state index contributed by atoms with van der Waals surface area (Å²) in [7, 11) is 0. The summed E-state index contributed by atoms with van der Waals surface area (Å²) >= 11 is 0. The summed E-state index contributed by atoms with van der Waals surface area (Å²) in [6, 6.07) is 0. The minimum Gasteiger partial charge on any atom is -0.381 e. The lowest BCUT2D eigenvalue weighted by Crippen LogP contribution is -2.44. The van der Waals surface area contributed by atoms with Gasteiger partial charge in [0.15, 0.2) is 0 Å². The summed E-state index contributed by atoms with van der Waals surface area (Å²) in [4.78, 5) is 14.4. The Morgan fingerprint density at radius 3 is 2.94 bits per heavy atom. The van der Waals surface area contributed by atoms with Gasteiger partial charge in [0.1, 0.15) is 0 Å². The van der Waals surface area contributed by atoms with Crippen molar-refractivity contribution in [1.29, 1.82) is 0 Å². The largest absolute Gasteiger partial charge is 0.381 e. The fourth-order valence-electron chi connectivity index (χ4n) is 2.73. The van der Waals surface area contributed by atoms with E-state index in [2.05, 4.69) is 12.2 Å². The highest BCUT2D eigenvalue weighted by atomic mass is 16.5. The zero-order valence-corrected chi connectivity index (χ0v) is 10.8. The van der Waals surface area contributed by atoms with E-state index in [1.807, 2.05) is 4.90 Å². The quantitative estimate of drug-likeness (QED) is 0.793. The predicted octanol–water partition coefficient (Wildman–Crippen LogP) is 0.871. The summed E-state index contributed by atoms with van der Waals surface area (Å²) in [5, 5.41) is 3.32. The van der Waals surface area contributed by atoms with Gasteiger partial charge in [-0.3, -0.25) is 4.79 Å². The number of hydrogen-bond donors (Lipinski definition) is 1. The molecule has 0 aromatic heterocycles. The molecule has 2 heterocycles. The van der Waals surface area contributed by atoms with E-state index in [1.54, 1.807) is 0 Å². The standard InChI is InChI=1S/C13H24N2O2/c1-2-15(9-11-5-7-17-10-11)13(16)12-4-3-6-14-8-12/h11-12,14H,2-10H2,1H3/t11?,12-/m0/s1. The molecule has 1 N–H and O–H groups in total. The number of amides is 1. The molecule has 17 heavy (non-hydrogen) atoms. The molecule has 98 valence electrons. The monoisotopic (exact) mass is 240 g/mol. The predicted molar refractivity (Wildman–Crippen MR) is 66.8 cm³/mol. The Hall–Kier alpha value is -0.610. The van der Waals surface area contributed by atoms with E-state index in [0.29, 0.717) is 11.8 Å². The van der Waals surface area contributed by atoms with Crippen LogP contribution in [0.4, 0.5) is 0 Å². The van der Waals surface area contributed by atoms with Gasteiger partial charge in [-0.15, -0.1) is 0 Å². The molecule has 1 unspecified atom stereocenters. The third-order valence-corrected chi connectivity index (χ3v) is 3.84. The highest BCUT2D eigenvalue weighted by Crippen LogP contribution is 2.18. The molecule has 0 bridgehead atoms. The van der Waals surface area contributed by atoms with Crippen molar-refractivity contribution in [3.8, 4) is 0 Å². The molecule has 0 radical (unpaired) electrons. The van der Waals surface area contributed by atoms with Crippen molar-refractivity contribution in [3.05, 3.63) is 0 Å². The zero-order valence-electron chi connectivity index (χ0n) is 10.8. The number of nitrogens with one attached hydrogen (secondary N) is 1. The molecule has 1 amide bonds. The van der Waals surface area contributed by atoms with E-state index < -0.39 is 0 Å². The SMILES string of the molecule is CCN(CC1CCOC1)C(=O)[C@H]1CCCNC1. The number of nitrogens with zero attached hydrogens (tertiary/aromatic N) is 1. The maximum atomic E-state index is 12.4. The van der Waals surface area contributed by atoms with Crippen LogP contribution >= 0.6 is 0 Å². The van der Waals surface area contributed by atoms with Crippen molar-refractivity contribution >= 4 is 5.91 Å². The van der Waals surface area contributed by atoms with Crippen molar-refractivity contribution in [2.45, 2.75) is 26.2 Å². The van der Waals surface area contributed by atoms with E-state index in [4.69, 9.17) is 4.74 Å².